The van der Waals surface area contributed by atoms with Crippen molar-refractivity contribution < 1.29 is 13.2 Å². The van der Waals surface area contributed by atoms with Gasteiger partial charge < -0.3 is 10.1 Å². The minimum Gasteiger partial charge on any atom is -0.380 e. The van der Waals surface area contributed by atoms with Gasteiger partial charge in [0.15, 0.2) is 0 Å². The number of hydrogen-bond donors (Lipinski definition) is 2. The Labute approximate surface area is 120 Å². The summed E-state index contributed by atoms with van der Waals surface area (Å²) in [5.41, 5.74) is 0. The minimum atomic E-state index is -3.53. The largest absolute Gasteiger partial charge is 0.380 e. The Kier molecular flexibility index (Phi) is 7.14. The Balaban J connectivity index is 2.59. The van der Waals surface area contributed by atoms with E-state index in [2.05, 4.69) is 15.1 Å². The van der Waals surface area contributed by atoms with Crippen molar-refractivity contribution in [3.05, 3.63) is 12.4 Å². The summed E-state index contributed by atoms with van der Waals surface area (Å²) in [6.45, 7) is 6.11. The topological polar surface area (TPSA) is 85.2 Å². The fourth-order valence-corrected chi connectivity index (χ4v) is 2.87. The van der Waals surface area contributed by atoms with E-state index in [1.165, 1.54) is 6.20 Å². The van der Waals surface area contributed by atoms with Gasteiger partial charge >= 0.3 is 0 Å². The fourth-order valence-electron chi connectivity index (χ4n) is 1.69. The molecule has 7 nitrogen and oxygen atoms in total. The van der Waals surface area contributed by atoms with Crippen LogP contribution in [0, 0.1) is 0 Å². The van der Waals surface area contributed by atoms with Crippen molar-refractivity contribution in [2.24, 2.45) is 0 Å². The van der Waals surface area contributed by atoms with Crippen molar-refractivity contribution in [2.45, 2.75) is 37.8 Å². The first-order valence-corrected chi connectivity index (χ1v) is 8.25. The van der Waals surface area contributed by atoms with Crippen molar-refractivity contribution >= 4 is 10.0 Å². The van der Waals surface area contributed by atoms with Gasteiger partial charge in [-0.15, -0.1) is 0 Å². The summed E-state index contributed by atoms with van der Waals surface area (Å²) >= 11 is 0. The van der Waals surface area contributed by atoms with Gasteiger partial charge in [0.25, 0.3) is 0 Å². The Hall–Kier alpha value is -0.960. The second kappa shape index (κ2) is 8.35. The van der Waals surface area contributed by atoms with Gasteiger partial charge in [0, 0.05) is 25.4 Å². The number of ether oxygens (including phenoxy) is 1. The lowest BCUT2D eigenvalue weighted by Gasteiger charge is -2.12. The second-order valence-corrected chi connectivity index (χ2v) is 6.29. The van der Waals surface area contributed by atoms with E-state index in [4.69, 9.17) is 4.74 Å². The van der Waals surface area contributed by atoms with Crippen molar-refractivity contribution in [1.29, 1.82) is 0 Å². The number of nitrogens with zero attached hydrogens (tertiary/aromatic N) is 2. The van der Waals surface area contributed by atoms with Crippen LogP contribution in [-0.2, 0) is 21.3 Å². The molecule has 0 spiro atoms. The quantitative estimate of drug-likeness (QED) is 0.603. The van der Waals surface area contributed by atoms with Crippen LogP contribution >= 0.6 is 0 Å². The van der Waals surface area contributed by atoms with Crippen LogP contribution in [-0.4, -0.2) is 51.0 Å². The van der Waals surface area contributed by atoms with E-state index >= 15 is 0 Å². The zero-order valence-corrected chi connectivity index (χ0v) is 13.1. The third-order valence-corrected chi connectivity index (χ3v) is 4.21. The molecule has 0 radical (unpaired) electrons. The predicted octanol–water partition coefficient (Wildman–Crippen LogP) is 0.196. The van der Waals surface area contributed by atoms with Crippen LogP contribution in [0.5, 0.6) is 0 Å². The normalized spacial score (nSPS) is 13.6. The molecular formula is C12H24N4O3S. The van der Waals surface area contributed by atoms with Crippen LogP contribution in [0.3, 0.4) is 0 Å². The van der Waals surface area contributed by atoms with Crippen molar-refractivity contribution in [3.63, 3.8) is 0 Å². The lowest BCUT2D eigenvalue weighted by molar-refractivity contribution is 0.133. The van der Waals surface area contributed by atoms with Crippen LogP contribution < -0.4 is 10.0 Å². The lowest BCUT2D eigenvalue weighted by atomic mass is 10.4. The molecule has 1 rings (SSSR count). The molecule has 1 atom stereocenters. The molecule has 0 amide bonds. The smallest absolute Gasteiger partial charge is 0.244 e. The van der Waals surface area contributed by atoms with Crippen LogP contribution in [0.1, 0.15) is 20.3 Å². The summed E-state index contributed by atoms with van der Waals surface area (Å²) in [4.78, 5) is 0.185. The Morgan fingerprint density at radius 2 is 2.25 bits per heavy atom. The van der Waals surface area contributed by atoms with E-state index in [9.17, 15) is 8.42 Å². The van der Waals surface area contributed by atoms with Crippen molar-refractivity contribution in [1.82, 2.24) is 19.8 Å². The summed E-state index contributed by atoms with van der Waals surface area (Å²) in [5.74, 6) is 0. The molecule has 116 valence electrons. The molecule has 0 aromatic carbocycles. The standard InChI is InChI=1S/C12H24N4O3S/c1-4-19-10-11(2)15-20(17,18)12-8-14-16(9-12)7-5-6-13-3/h8-9,11,13,15H,4-7,10H2,1-3H3. The molecule has 0 bridgehead atoms. The molecule has 8 heteroatoms. The van der Waals surface area contributed by atoms with Gasteiger partial charge in [0.2, 0.25) is 10.0 Å². The molecular weight excluding hydrogens is 280 g/mol. The second-order valence-electron chi connectivity index (χ2n) is 4.58. The predicted molar refractivity (Wildman–Crippen MR) is 77.0 cm³/mol. The summed E-state index contributed by atoms with van der Waals surface area (Å²) in [5, 5.41) is 7.10. The van der Waals surface area contributed by atoms with Crippen LogP contribution in [0.25, 0.3) is 0 Å². The van der Waals surface area contributed by atoms with Gasteiger partial charge in [-0.1, -0.05) is 0 Å². The molecule has 20 heavy (non-hydrogen) atoms. The Morgan fingerprint density at radius 3 is 2.90 bits per heavy atom. The van der Waals surface area contributed by atoms with Crippen LogP contribution in [0.15, 0.2) is 17.3 Å². The number of hydrogen-bond acceptors (Lipinski definition) is 5. The summed E-state index contributed by atoms with van der Waals surface area (Å²) in [7, 11) is -1.65. The highest BCUT2D eigenvalue weighted by atomic mass is 32.2. The molecule has 1 heterocycles. The van der Waals surface area contributed by atoms with E-state index < -0.39 is 10.0 Å². The molecule has 0 saturated carbocycles. The summed E-state index contributed by atoms with van der Waals surface area (Å²) < 4.78 is 33.6. The highest BCUT2D eigenvalue weighted by molar-refractivity contribution is 7.89. The molecule has 1 aromatic heterocycles. The first-order valence-electron chi connectivity index (χ1n) is 6.76. The maximum Gasteiger partial charge on any atom is 0.244 e. The third kappa shape index (κ3) is 5.58. The number of rotatable bonds is 10. The monoisotopic (exact) mass is 304 g/mol. The zero-order valence-electron chi connectivity index (χ0n) is 12.3. The number of aryl methyl sites for hydroxylation is 1. The molecule has 1 aromatic rings. The highest BCUT2D eigenvalue weighted by Gasteiger charge is 2.19. The fraction of sp³-hybridized carbons (Fsp3) is 0.750. The van der Waals surface area contributed by atoms with Crippen LogP contribution in [0.4, 0.5) is 0 Å². The van der Waals surface area contributed by atoms with Gasteiger partial charge in [0.1, 0.15) is 4.90 Å². The minimum absolute atomic E-state index is 0.185. The van der Waals surface area contributed by atoms with E-state index in [1.807, 2.05) is 14.0 Å². The van der Waals surface area contributed by atoms with E-state index in [0.29, 0.717) is 19.8 Å². The average molecular weight is 304 g/mol. The van der Waals surface area contributed by atoms with Gasteiger partial charge in [0.05, 0.1) is 12.8 Å². The number of aromatic nitrogens is 2. The SMILES string of the molecule is CCOCC(C)NS(=O)(=O)c1cnn(CCCNC)c1. The molecule has 0 saturated heterocycles. The summed E-state index contributed by atoms with van der Waals surface area (Å²) in [6.07, 6.45) is 3.81. The first kappa shape index (κ1) is 17.1. The third-order valence-electron chi connectivity index (χ3n) is 2.66. The van der Waals surface area contributed by atoms with E-state index in [0.717, 1.165) is 13.0 Å². The molecule has 2 N–H and O–H groups in total. The highest BCUT2D eigenvalue weighted by Crippen LogP contribution is 2.08. The number of nitrogens with one attached hydrogen (secondary N) is 2. The summed E-state index contributed by atoms with van der Waals surface area (Å²) in [6, 6.07) is -0.271. The van der Waals surface area contributed by atoms with E-state index in [1.54, 1.807) is 17.8 Å². The van der Waals surface area contributed by atoms with Crippen molar-refractivity contribution in [3.8, 4) is 0 Å². The first-order chi connectivity index (χ1) is 9.49. The molecule has 0 aliphatic rings. The van der Waals surface area contributed by atoms with Gasteiger partial charge in [-0.05, 0) is 33.9 Å². The number of sulfonamides is 1. The van der Waals surface area contributed by atoms with Gasteiger partial charge in [-0.2, -0.15) is 5.10 Å². The molecule has 1 unspecified atom stereocenters. The zero-order chi connectivity index (χ0) is 15.0. The van der Waals surface area contributed by atoms with Gasteiger partial charge in [-0.25, -0.2) is 13.1 Å². The lowest BCUT2D eigenvalue weighted by Crippen LogP contribution is -2.35. The van der Waals surface area contributed by atoms with Crippen molar-refractivity contribution in [2.75, 3.05) is 26.8 Å². The Morgan fingerprint density at radius 1 is 1.50 bits per heavy atom. The van der Waals surface area contributed by atoms with Gasteiger partial charge in [-0.3, -0.25) is 4.68 Å². The average Bonchev–Trinajstić information content (AvgIpc) is 2.86. The molecule has 0 fully saturated rings. The maximum atomic E-state index is 12.1. The molecule has 0 aliphatic carbocycles. The molecule has 0 aliphatic heterocycles. The Bertz CT molecular complexity index is 487. The van der Waals surface area contributed by atoms with E-state index in [-0.39, 0.29) is 10.9 Å². The van der Waals surface area contributed by atoms with Crippen LogP contribution in [0.2, 0.25) is 0 Å². The maximum absolute atomic E-state index is 12.1.